The summed E-state index contributed by atoms with van der Waals surface area (Å²) < 4.78 is 10.4. The van der Waals surface area contributed by atoms with E-state index in [0.717, 1.165) is 27.5 Å². The van der Waals surface area contributed by atoms with Crippen molar-refractivity contribution in [2.45, 2.75) is 5.92 Å². The predicted molar refractivity (Wildman–Crippen MR) is 135 cm³/mol. The number of benzene rings is 4. The zero-order chi connectivity index (χ0) is 24.1. The zero-order valence-corrected chi connectivity index (χ0v) is 18.6. The van der Waals surface area contributed by atoms with Crippen molar-refractivity contribution in [3.05, 3.63) is 126 Å². The first-order chi connectivity index (χ1) is 17.0. The Morgan fingerprint density at radius 2 is 1.29 bits per heavy atom. The van der Waals surface area contributed by atoms with Crippen molar-refractivity contribution in [1.82, 2.24) is 0 Å². The fourth-order valence-corrected chi connectivity index (χ4v) is 4.71. The number of carbonyl (C=O) groups is 2. The molecule has 0 radical (unpaired) electrons. The molecule has 170 valence electrons. The normalized spacial score (nSPS) is 15.3. The first kappa shape index (κ1) is 20.7. The Kier molecular flexibility index (Phi) is 4.67. The monoisotopic (exact) mass is 460 g/mol. The third-order valence-electron chi connectivity index (χ3n) is 6.32. The number of anilines is 2. The maximum absolute atomic E-state index is 12.6. The van der Waals surface area contributed by atoms with Crippen LogP contribution in [0.4, 0.5) is 16.2 Å². The molecule has 0 spiro atoms. The second-order valence-electron chi connectivity index (χ2n) is 8.53. The van der Waals surface area contributed by atoms with Gasteiger partial charge in [-0.05, 0) is 58.3 Å². The number of hydrogen-bond acceptors (Lipinski definition) is 5. The van der Waals surface area contributed by atoms with Gasteiger partial charge in [0.15, 0.2) is 5.88 Å². The van der Waals surface area contributed by atoms with Crippen LogP contribution in [0.5, 0.6) is 0 Å². The predicted octanol–water partition coefficient (Wildman–Crippen LogP) is 6.61. The highest BCUT2D eigenvalue weighted by atomic mass is 16.6. The van der Waals surface area contributed by atoms with E-state index >= 15 is 0 Å². The van der Waals surface area contributed by atoms with Gasteiger partial charge in [-0.1, -0.05) is 61.2 Å². The summed E-state index contributed by atoms with van der Waals surface area (Å²) in [6.45, 7) is 7.60. The molecular weight excluding hydrogens is 440 g/mol. The average molecular weight is 460 g/mol. The molecule has 1 atom stereocenters. The molecule has 2 heterocycles. The molecule has 2 aliphatic rings. The van der Waals surface area contributed by atoms with Gasteiger partial charge >= 0.3 is 12.1 Å². The number of rotatable bonds is 3. The largest absolute Gasteiger partial charge is 0.417 e. The van der Waals surface area contributed by atoms with E-state index in [1.54, 1.807) is 0 Å². The second-order valence-corrected chi connectivity index (χ2v) is 8.53. The van der Waals surface area contributed by atoms with Crippen molar-refractivity contribution in [3.63, 3.8) is 0 Å². The van der Waals surface area contributed by atoms with Crippen molar-refractivity contribution < 1.29 is 19.1 Å². The van der Waals surface area contributed by atoms with Gasteiger partial charge in [0, 0.05) is 11.5 Å². The molecule has 6 nitrogen and oxygen atoms in total. The molecule has 0 saturated heterocycles. The van der Waals surface area contributed by atoms with E-state index in [4.69, 9.17) is 9.47 Å². The Bertz CT molecular complexity index is 1510. The fraction of sp³-hybridized carbons (Fsp3) is 0.0345. The molecule has 0 fully saturated rings. The van der Waals surface area contributed by atoms with E-state index in [2.05, 4.69) is 54.1 Å². The zero-order valence-electron chi connectivity index (χ0n) is 18.6. The molecule has 1 unspecified atom stereocenters. The van der Waals surface area contributed by atoms with Crippen LogP contribution in [-0.4, -0.2) is 12.1 Å². The van der Waals surface area contributed by atoms with E-state index in [9.17, 15) is 9.59 Å². The lowest BCUT2D eigenvalue weighted by atomic mass is 9.82. The van der Waals surface area contributed by atoms with Gasteiger partial charge in [0.05, 0.1) is 16.9 Å². The van der Waals surface area contributed by atoms with Crippen molar-refractivity contribution in [2.75, 3.05) is 10.6 Å². The van der Waals surface area contributed by atoms with Crippen molar-refractivity contribution in [1.29, 1.82) is 0 Å². The molecule has 6 heteroatoms. The van der Waals surface area contributed by atoms with Crippen LogP contribution in [0.2, 0.25) is 0 Å². The number of carbonyl (C=O) groups excluding carboxylic acids is 2. The van der Waals surface area contributed by atoms with E-state index in [0.29, 0.717) is 28.3 Å². The SMILES string of the molecule is C=C1Nc2ccc(C(c3ccc4c(c3)C(=C)OC(=O)N4)c3ccc4ccccc4c3)cc2C(=O)O1. The molecular formula is C29H20N2O4. The van der Waals surface area contributed by atoms with Crippen LogP contribution >= 0.6 is 0 Å². The summed E-state index contributed by atoms with van der Waals surface area (Å²) in [4.78, 5) is 24.4. The van der Waals surface area contributed by atoms with Gasteiger partial charge in [-0.3, -0.25) is 5.32 Å². The van der Waals surface area contributed by atoms with Gasteiger partial charge in [-0.25, -0.2) is 9.59 Å². The van der Waals surface area contributed by atoms with Crippen LogP contribution in [0.15, 0.2) is 97.9 Å². The first-order valence-corrected chi connectivity index (χ1v) is 11.1. The molecule has 35 heavy (non-hydrogen) atoms. The minimum Gasteiger partial charge on any atom is -0.410 e. The molecule has 0 bridgehead atoms. The van der Waals surface area contributed by atoms with Crippen LogP contribution in [0, 0.1) is 0 Å². The number of cyclic esters (lactones) is 2. The van der Waals surface area contributed by atoms with Gasteiger partial charge in [0.2, 0.25) is 0 Å². The topological polar surface area (TPSA) is 76.7 Å². The lowest BCUT2D eigenvalue weighted by Gasteiger charge is -2.25. The Labute approximate surface area is 201 Å². The van der Waals surface area contributed by atoms with E-state index < -0.39 is 12.1 Å². The van der Waals surface area contributed by atoms with Gasteiger partial charge in [0.25, 0.3) is 0 Å². The highest BCUT2D eigenvalue weighted by molar-refractivity contribution is 5.99. The minimum absolute atomic E-state index is 0.205. The lowest BCUT2D eigenvalue weighted by Crippen LogP contribution is -2.20. The lowest BCUT2D eigenvalue weighted by molar-refractivity contribution is 0.0620. The standard InChI is InChI=1S/C29H20N2O4/c1-16-23-14-21(9-11-25(23)31-29(33)34-16)27(20-8-7-18-5-3-4-6-19(18)13-20)22-10-12-26-24(15-22)28(32)35-17(2)30-26/h3-15,27,30H,1-2H2,(H,31,33). The molecule has 4 aromatic rings. The molecule has 1 amide bonds. The van der Waals surface area contributed by atoms with E-state index in [1.165, 1.54) is 0 Å². The molecule has 4 aromatic carbocycles. The highest BCUT2D eigenvalue weighted by Crippen LogP contribution is 2.39. The number of esters is 1. The maximum atomic E-state index is 12.6. The smallest absolute Gasteiger partial charge is 0.410 e. The quantitative estimate of drug-likeness (QED) is 0.266. The van der Waals surface area contributed by atoms with Crippen LogP contribution in [0.3, 0.4) is 0 Å². The Balaban J connectivity index is 1.54. The highest BCUT2D eigenvalue weighted by Gasteiger charge is 2.27. The summed E-state index contributed by atoms with van der Waals surface area (Å²) in [6.07, 6.45) is -0.552. The number of fused-ring (bicyclic) bond motifs is 3. The molecule has 2 N–H and O–H groups in total. The Hall–Kier alpha value is -4.84. The molecule has 2 aliphatic heterocycles. The first-order valence-electron chi connectivity index (χ1n) is 11.1. The summed E-state index contributed by atoms with van der Waals surface area (Å²) in [6, 6.07) is 26.0. The van der Waals surface area contributed by atoms with Crippen LogP contribution in [-0.2, 0) is 9.47 Å². The Morgan fingerprint density at radius 1 is 0.657 bits per heavy atom. The minimum atomic E-state index is -0.552. The molecule has 0 aliphatic carbocycles. The molecule has 0 saturated carbocycles. The number of amides is 1. The van der Waals surface area contributed by atoms with Gasteiger partial charge < -0.3 is 14.8 Å². The van der Waals surface area contributed by atoms with Gasteiger partial charge in [0.1, 0.15) is 5.76 Å². The van der Waals surface area contributed by atoms with Crippen molar-refractivity contribution in [2.24, 2.45) is 0 Å². The van der Waals surface area contributed by atoms with E-state index in [1.807, 2.05) is 48.5 Å². The second kappa shape index (κ2) is 7.88. The summed E-state index contributed by atoms with van der Waals surface area (Å²) >= 11 is 0. The summed E-state index contributed by atoms with van der Waals surface area (Å²) in [7, 11) is 0. The van der Waals surface area contributed by atoms with E-state index in [-0.39, 0.29) is 11.8 Å². The Morgan fingerprint density at radius 3 is 2.06 bits per heavy atom. The molecule has 0 aromatic heterocycles. The van der Waals surface area contributed by atoms with Crippen LogP contribution < -0.4 is 10.6 Å². The summed E-state index contributed by atoms with van der Waals surface area (Å²) in [5.74, 6) is -0.160. The fourth-order valence-electron chi connectivity index (χ4n) is 4.71. The van der Waals surface area contributed by atoms with Gasteiger partial charge in [-0.2, -0.15) is 0 Å². The summed E-state index contributed by atoms with van der Waals surface area (Å²) in [5, 5.41) is 7.97. The number of nitrogens with one attached hydrogen (secondary N) is 2. The third kappa shape index (κ3) is 3.61. The van der Waals surface area contributed by atoms with Gasteiger partial charge in [-0.15, -0.1) is 0 Å². The van der Waals surface area contributed by atoms with Crippen molar-refractivity contribution in [3.8, 4) is 0 Å². The average Bonchev–Trinajstić information content (AvgIpc) is 2.84. The molecule has 6 rings (SSSR count). The number of ether oxygens (including phenoxy) is 2. The van der Waals surface area contributed by atoms with Crippen LogP contribution in [0.1, 0.15) is 38.5 Å². The van der Waals surface area contributed by atoms with Crippen LogP contribution in [0.25, 0.3) is 16.5 Å². The maximum Gasteiger partial charge on any atom is 0.417 e. The number of hydrogen-bond donors (Lipinski definition) is 2. The summed E-state index contributed by atoms with van der Waals surface area (Å²) in [5.41, 5.74) is 5.38. The van der Waals surface area contributed by atoms with Crippen molar-refractivity contribution >= 4 is 40.0 Å². The third-order valence-corrected chi connectivity index (χ3v) is 6.32.